The maximum Gasteiger partial charge on any atom is 0.0625 e. The molecule has 0 aromatic heterocycles. The van der Waals surface area contributed by atoms with E-state index < -0.39 is 0 Å². The van der Waals surface area contributed by atoms with E-state index in [9.17, 15) is 0 Å². The van der Waals surface area contributed by atoms with Crippen LogP contribution in [0, 0.1) is 5.92 Å². The summed E-state index contributed by atoms with van der Waals surface area (Å²) in [4.78, 5) is 2.37. The molecule has 0 aliphatic carbocycles. The molecule has 1 aliphatic rings. The molecule has 3 heteroatoms. The summed E-state index contributed by atoms with van der Waals surface area (Å²) in [6.07, 6.45) is 1.15. The first kappa shape index (κ1) is 9.96. The number of hydrogen-bond acceptors (Lipinski definition) is 3. The van der Waals surface area contributed by atoms with Crippen LogP contribution in [-0.4, -0.2) is 44.3 Å². The van der Waals surface area contributed by atoms with Crippen molar-refractivity contribution in [3.8, 4) is 0 Å². The standard InChI is InChI=1S/C9H20N2O/c1-3-8(6-10)9-7-12-5-4-11(9)2/h8-9H,3-7,10H2,1-2H3/t8?,9-/m1/s1. The van der Waals surface area contributed by atoms with E-state index in [1.165, 1.54) is 0 Å². The highest BCUT2D eigenvalue weighted by molar-refractivity contribution is 4.79. The van der Waals surface area contributed by atoms with E-state index in [0.717, 1.165) is 32.7 Å². The van der Waals surface area contributed by atoms with Gasteiger partial charge in [-0.05, 0) is 19.5 Å². The predicted molar refractivity (Wildman–Crippen MR) is 50.1 cm³/mol. The Balaban J connectivity index is 2.45. The number of likely N-dealkylation sites (N-methyl/N-ethyl adjacent to an activating group) is 1. The van der Waals surface area contributed by atoms with Gasteiger partial charge in [0.2, 0.25) is 0 Å². The summed E-state index contributed by atoms with van der Waals surface area (Å²) >= 11 is 0. The molecule has 0 aromatic carbocycles. The van der Waals surface area contributed by atoms with Gasteiger partial charge in [-0.2, -0.15) is 0 Å². The van der Waals surface area contributed by atoms with Crippen molar-refractivity contribution in [2.45, 2.75) is 19.4 Å². The second-order valence-electron chi connectivity index (χ2n) is 3.53. The van der Waals surface area contributed by atoms with Crippen molar-refractivity contribution in [2.24, 2.45) is 11.7 Å². The molecule has 1 rings (SSSR count). The van der Waals surface area contributed by atoms with Crippen LogP contribution in [0.5, 0.6) is 0 Å². The number of morpholine rings is 1. The van der Waals surface area contributed by atoms with Crippen LogP contribution in [0.2, 0.25) is 0 Å². The zero-order valence-electron chi connectivity index (χ0n) is 8.12. The largest absolute Gasteiger partial charge is 0.378 e. The zero-order chi connectivity index (χ0) is 8.97. The summed E-state index contributed by atoms with van der Waals surface area (Å²) in [6.45, 7) is 5.73. The lowest BCUT2D eigenvalue weighted by atomic mass is 9.96. The lowest BCUT2D eigenvalue weighted by molar-refractivity contribution is -0.0163. The molecule has 2 N–H and O–H groups in total. The Morgan fingerprint density at radius 3 is 2.92 bits per heavy atom. The number of nitrogens with two attached hydrogens (primary N) is 1. The summed E-state index contributed by atoms with van der Waals surface area (Å²) in [5, 5.41) is 0. The molecule has 1 heterocycles. The van der Waals surface area contributed by atoms with Crippen molar-refractivity contribution in [1.29, 1.82) is 0 Å². The Hall–Kier alpha value is -0.120. The highest BCUT2D eigenvalue weighted by Gasteiger charge is 2.25. The van der Waals surface area contributed by atoms with Crippen molar-refractivity contribution < 1.29 is 4.74 Å². The predicted octanol–water partition coefficient (Wildman–Crippen LogP) is 0.302. The fraction of sp³-hybridized carbons (Fsp3) is 1.00. The van der Waals surface area contributed by atoms with Gasteiger partial charge in [0.25, 0.3) is 0 Å². The van der Waals surface area contributed by atoms with Crippen molar-refractivity contribution in [2.75, 3.05) is 33.4 Å². The van der Waals surface area contributed by atoms with Crippen molar-refractivity contribution in [3.63, 3.8) is 0 Å². The average Bonchev–Trinajstić information content (AvgIpc) is 2.10. The maximum absolute atomic E-state index is 5.69. The molecule has 12 heavy (non-hydrogen) atoms. The van der Waals surface area contributed by atoms with E-state index in [0.29, 0.717) is 12.0 Å². The van der Waals surface area contributed by atoms with E-state index in [1.807, 2.05) is 0 Å². The molecule has 1 unspecified atom stereocenters. The Labute approximate surface area is 74.9 Å². The van der Waals surface area contributed by atoms with Crippen LogP contribution < -0.4 is 5.73 Å². The maximum atomic E-state index is 5.69. The summed E-state index contributed by atoms with van der Waals surface area (Å²) in [6, 6.07) is 0.536. The minimum absolute atomic E-state index is 0.536. The minimum Gasteiger partial charge on any atom is -0.378 e. The van der Waals surface area contributed by atoms with Crippen LogP contribution in [-0.2, 0) is 4.74 Å². The second kappa shape index (κ2) is 4.80. The molecule has 3 nitrogen and oxygen atoms in total. The summed E-state index contributed by atoms with van der Waals surface area (Å²) in [7, 11) is 2.16. The lowest BCUT2D eigenvalue weighted by Gasteiger charge is -2.37. The molecule has 0 spiro atoms. The van der Waals surface area contributed by atoms with Gasteiger partial charge in [-0.15, -0.1) is 0 Å². The highest BCUT2D eigenvalue weighted by Crippen LogP contribution is 2.15. The number of ether oxygens (including phenoxy) is 1. The van der Waals surface area contributed by atoms with Crippen LogP contribution in [0.15, 0.2) is 0 Å². The molecule has 2 atom stereocenters. The van der Waals surface area contributed by atoms with Crippen molar-refractivity contribution in [3.05, 3.63) is 0 Å². The van der Waals surface area contributed by atoms with Crippen molar-refractivity contribution in [1.82, 2.24) is 4.90 Å². The van der Waals surface area contributed by atoms with Crippen LogP contribution in [0.4, 0.5) is 0 Å². The van der Waals surface area contributed by atoms with Crippen LogP contribution in [0.3, 0.4) is 0 Å². The number of rotatable bonds is 3. The first-order chi connectivity index (χ1) is 5.79. The lowest BCUT2D eigenvalue weighted by Crippen LogP contribution is -2.48. The molecule has 0 radical (unpaired) electrons. The molecule has 1 saturated heterocycles. The second-order valence-corrected chi connectivity index (χ2v) is 3.53. The molecule has 0 amide bonds. The van der Waals surface area contributed by atoms with Gasteiger partial charge in [-0.25, -0.2) is 0 Å². The Kier molecular flexibility index (Phi) is 3.98. The van der Waals surface area contributed by atoms with Gasteiger partial charge in [-0.3, -0.25) is 4.90 Å². The van der Waals surface area contributed by atoms with Gasteiger partial charge in [0, 0.05) is 12.6 Å². The average molecular weight is 172 g/mol. The Morgan fingerprint density at radius 2 is 2.42 bits per heavy atom. The summed E-state index contributed by atoms with van der Waals surface area (Å²) in [5.41, 5.74) is 5.69. The smallest absolute Gasteiger partial charge is 0.0625 e. The third-order valence-electron chi connectivity index (χ3n) is 2.81. The third kappa shape index (κ3) is 2.19. The fourth-order valence-corrected chi connectivity index (χ4v) is 1.80. The molecule has 0 bridgehead atoms. The highest BCUT2D eigenvalue weighted by atomic mass is 16.5. The van der Waals surface area contributed by atoms with E-state index in [2.05, 4.69) is 18.9 Å². The third-order valence-corrected chi connectivity index (χ3v) is 2.81. The molecule has 72 valence electrons. The number of hydrogen-bond donors (Lipinski definition) is 1. The van der Waals surface area contributed by atoms with Gasteiger partial charge in [0.15, 0.2) is 0 Å². The van der Waals surface area contributed by atoms with Gasteiger partial charge >= 0.3 is 0 Å². The van der Waals surface area contributed by atoms with E-state index in [4.69, 9.17) is 10.5 Å². The van der Waals surface area contributed by atoms with E-state index in [1.54, 1.807) is 0 Å². The van der Waals surface area contributed by atoms with Crippen LogP contribution in [0.1, 0.15) is 13.3 Å². The molecule has 0 aromatic rings. The summed E-state index contributed by atoms with van der Waals surface area (Å²) in [5.74, 6) is 0.593. The molecular weight excluding hydrogens is 152 g/mol. The van der Waals surface area contributed by atoms with Crippen LogP contribution in [0.25, 0.3) is 0 Å². The fourth-order valence-electron chi connectivity index (χ4n) is 1.80. The molecule has 1 fully saturated rings. The Morgan fingerprint density at radius 1 is 1.67 bits per heavy atom. The summed E-state index contributed by atoms with van der Waals surface area (Å²) < 4.78 is 5.44. The molecule has 1 aliphatic heterocycles. The van der Waals surface area contributed by atoms with E-state index >= 15 is 0 Å². The van der Waals surface area contributed by atoms with Gasteiger partial charge in [0.05, 0.1) is 13.2 Å². The topological polar surface area (TPSA) is 38.5 Å². The first-order valence-electron chi connectivity index (χ1n) is 4.77. The zero-order valence-corrected chi connectivity index (χ0v) is 8.12. The van der Waals surface area contributed by atoms with Gasteiger partial charge in [-0.1, -0.05) is 13.3 Å². The van der Waals surface area contributed by atoms with Gasteiger partial charge in [0.1, 0.15) is 0 Å². The minimum atomic E-state index is 0.536. The molecular formula is C9H20N2O. The molecule has 0 saturated carbocycles. The van der Waals surface area contributed by atoms with Gasteiger partial charge < -0.3 is 10.5 Å². The number of nitrogens with zero attached hydrogens (tertiary/aromatic N) is 1. The SMILES string of the molecule is CCC(CN)[C@H]1COCCN1C. The normalized spacial score (nSPS) is 28.8. The monoisotopic (exact) mass is 172 g/mol. The van der Waals surface area contributed by atoms with Crippen molar-refractivity contribution >= 4 is 0 Å². The van der Waals surface area contributed by atoms with Crippen LogP contribution >= 0.6 is 0 Å². The Bertz CT molecular complexity index is 126. The van der Waals surface area contributed by atoms with E-state index in [-0.39, 0.29) is 0 Å². The quantitative estimate of drug-likeness (QED) is 0.665. The first-order valence-corrected chi connectivity index (χ1v) is 4.77.